The van der Waals surface area contributed by atoms with Gasteiger partial charge < -0.3 is 14.6 Å². The molecule has 1 aliphatic rings. The Morgan fingerprint density at radius 2 is 1.93 bits per heavy atom. The number of amides is 2. The van der Waals surface area contributed by atoms with E-state index >= 15 is 0 Å². The Hall–Kier alpha value is -3.15. The van der Waals surface area contributed by atoms with E-state index in [1.807, 2.05) is 29.2 Å². The minimum Gasteiger partial charge on any atom is -0.440 e. The number of para-hydroxylation sites is 2. The number of carbonyl (C=O) groups excluding carboxylic acids is 2. The second-order valence-corrected chi connectivity index (χ2v) is 6.87. The molecule has 27 heavy (non-hydrogen) atoms. The molecule has 1 aliphatic heterocycles. The Bertz CT molecular complexity index is 945. The minimum absolute atomic E-state index is 0.00909. The van der Waals surface area contributed by atoms with Gasteiger partial charge in [-0.15, -0.1) is 0 Å². The van der Waals surface area contributed by atoms with Gasteiger partial charge in [0.15, 0.2) is 11.5 Å². The molecule has 1 atom stereocenters. The summed E-state index contributed by atoms with van der Waals surface area (Å²) in [6, 6.07) is 14.7. The van der Waals surface area contributed by atoms with Gasteiger partial charge in [0.1, 0.15) is 5.52 Å². The molecule has 2 amide bonds. The number of hydrogen-bond donors (Lipinski definition) is 1. The maximum absolute atomic E-state index is 12.9. The molecule has 0 aliphatic carbocycles. The summed E-state index contributed by atoms with van der Waals surface area (Å²) in [5, 5.41) is 2.71. The smallest absolute Gasteiger partial charge is 0.253 e. The second-order valence-electron chi connectivity index (χ2n) is 6.87. The minimum atomic E-state index is -0.133. The lowest BCUT2D eigenvalue weighted by atomic mass is 9.97. The third kappa shape index (κ3) is 3.69. The van der Waals surface area contributed by atoms with Crippen molar-refractivity contribution < 1.29 is 14.0 Å². The molecule has 0 spiro atoms. The van der Waals surface area contributed by atoms with Gasteiger partial charge in [-0.05, 0) is 49.2 Å². The van der Waals surface area contributed by atoms with E-state index in [2.05, 4.69) is 10.3 Å². The van der Waals surface area contributed by atoms with Crippen LogP contribution in [0.5, 0.6) is 0 Å². The van der Waals surface area contributed by atoms with Gasteiger partial charge in [0.2, 0.25) is 5.91 Å². The van der Waals surface area contributed by atoms with Crippen LogP contribution in [0.4, 0.5) is 5.69 Å². The fraction of sp³-hybridized carbons (Fsp3) is 0.286. The van der Waals surface area contributed by atoms with Crippen molar-refractivity contribution in [1.82, 2.24) is 9.88 Å². The highest BCUT2D eigenvalue weighted by molar-refractivity contribution is 5.95. The van der Waals surface area contributed by atoms with E-state index in [1.165, 1.54) is 6.92 Å². The van der Waals surface area contributed by atoms with Crippen molar-refractivity contribution in [2.45, 2.75) is 25.7 Å². The first-order valence-electron chi connectivity index (χ1n) is 9.12. The average molecular weight is 363 g/mol. The molecule has 0 unspecified atom stereocenters. The van der Waals surface area contributed by atoms with Crippen LogP contribution in [-0.2, 0) is 4.79 Å². The first-order valence-corrected chi connectivity index (χ1v) is 9.12. The molecule has 0 bridgehead atoms. The second kappa shape index (κ2) is 7.23. The molecule has 6 nitrogen and oxygen atoms in total. The van der Waals surface area contributed by atoms with Crippen LogP contribution in [0, 0.1) is 0 Å². The Morgan fingerprint density at radius 3 is 2.67 bits per heavy atom. The van der Waals surface area contributed by atoms with Crippen molar-refractivity contribution in [2.75, 3.05) is 18.4 Å². The molecule has 138 valence electrons. The Kier molecular flexibility index (Phi) is 4.62. The Morgan fingerprint density at radius 1 is 1.15 bits per heavy atom. The van der Waals surface area contributed by atoms with Crippen LogP contribution >= 0.6 is 0 Å². The predicted octanol–water partition coefficient (Wildman–Crippen LogP) is 3.81. The standard InChI is InChI=1S/C21H21N3O3/c1-14(25)22-17-10-8-15(9-11-17)21(26)24-12-4-5-16(13-24)20-23-18-6-2-3-7-19(18)27-20/h2-3,6-11,16H,4-5,12-13H2,1H3,(H,22,25)/t16-/m0/s1. The van der Waals surface area contributed by atoms with E-state index in [-0.39, 0.29) is 17.7 Å². The fourth-order valence-electron chi connectivity index (χ4n) is 3.51. The highest BCUT2D eigenvalue weighted by Gasteiger charge is 2.28. The summed E-state index contributed by atoms with van der Waals surface area (Å²) in [5.74, 6) is 0.667. The van der Waals surface area contributed by atoms with Crippen molar-refractivity contribution in [1.29, 1.82) is 0 Å². The maximum atomic E-state index is 12.9. The first-order chi connectivity index (χ1) is 13.1. The number of fused-ring (bicyclic) bond motifs is 1. The van der Waals surface area contributed by atoms with Crippen molar-refractivity contribution in [2.24, 2.45) is 0 Å². The monoisotopic (exact) mass is 363 g/mol. The number of aromatic nitrogens is 1. The van der Waals surface area contributed by atoms with Gasteiger partial charge in [-0.2, -0.15) is 0 Å². The first kappa shape index (κ1) is 17.3. The van der Waals surface area contributed by atoms with Crippen LogP contribution in [0.2, 0.25) is 0 Å². The van der Waals surface area contributed by atoms with Crippen molar-refractivity contribution in [3.8, 4) is 0 Å². The van der Waals surface area contributed by atoms with E-state index in [9.17, 15) is 9.59 Å². The van der Waals surface area contributed by atoms with Crippen LogP contribution in [0.15, 0.2) is 52.9 Å². The summed E-state index contributed by atoms with van der Waals surface area (Å²) in [5.41, 5.74) is 2.93. The molecule has 4 rings (SSSR count). The van der Waals surface area contributed by atoms with Crippen LogP contribution in [0.25, 0.3) is 11.1 Å². The maximum Gasteiger partial charge on any atom is 0.253 e. The number of carbonyl (C=O) groups is 2. The predicted molar refractivity (Wildman–Crippen MR) is 103 cm³/mol. The number of hydrogen-bond acceptors (Lipinski definition) is 4. The lowest BCUT2D eigenvalue weighted by Gasteiger charge is -2.31. The number of rotatable bonds is 3. The van der Waals surface area contributed by atoms with E-state index in [4.69, 9.17) is 4.42 Å². The summed E-state index contributed by atoms with van der Waals surface area (Å²) < 4.78 is 5.90. The van der Waals surface area contributed by atoms with Gasteiger partial charge in [-0.1, -0.05) is 12.1 Å². The highest BCUT2D eigenvalue weighted by atomic mass is 16.3. The van der Waals surface area contributed by atoms with Crippen molar-refractivity contribution in [3.63, 3.8) is 0 Å². The Balaban J connectivity index is 1.48. The highest BCUT2D eigenvalue weighted by Crippen LogP contribution is 2.29. The number of oxazole rings is 1. The van der Waals surface area contributed by atoms with Crippen molar-refractivity contribution >= 4 is 28.6 Å². The number of nitrogens with one attached hydrogen (secondary N) is 1. The molecule has 0 saturated carbocycles. The average Bonchev–Trinajstić information content (AvgIpc) is 3.12. The molecule has 2 aromatic carbocycles. The summed E-state index contributed by atoms with van der Waals surface area (Å²) in [6.07, 6.45) is 1.87. The molecule has 6 heteroatoms. The van der Waals surface area contributed by atoms with Crippen LogP contribution in [0.3, 0.4) is 0 Å². The lowest BCUT2D eigenvalue weighted by molar-refractivity contribution is -0.114. The van der Waals surface area contributed by atoms with E-state index in [1.54, 1.807) is 24.3 Å². The van der Waals surface area contributed by atoms with Crippen LogP contribution < -0.4 is 5.32 Å². The van der Waals surface area contributed by atoms with Crippen LogP contribution in [0.1, 0.15) is 41.9 Å². The number of nitrogens with zero attached hydrogens (tertiary/aromatic N) is 2. The normalized spacial score (nSPS) is 17.1. The molecule has 1 aromatic heterocycles. The zero-order valence-electron chi connectivity index (χ0n) is 15.1. The zero-order chi connectivity index (χ0) is 18.8. The third-order valence-electron chi connectivity index (χ3n) is 4.82. The third-order valence-corrected chi connectivity index (χ3v) is 4.82. The SMILES string of the molecule is CC(=O)Nc1ccc(C(=O)N2CCC[C@H](c3nc4ccccc4o3)C2)cc1. The number of piperidine rings is 1. The summed E-state index contributed by atoms with van der Waals surface area (Å²) in [7, 11) is 0. The topological polar surface area (TPSA) is 75.4 Å². The van der Waals surface area contributed by atoms with Crippen LogP contribution in [-0.4, -0.2) is 34.8 Å². The summed E-state index contributed by atoms with van der Waals surface area (Å²) in [4.78, 5) is 30.4. The van der Waals surface area contributed by atoms with Gasteiger partial charge >= 0.3 is 0 Å². The fourth-order valence-corrected chi connectivity index (χ4v) is 3.51. The molecule has 0 radical (unpaired) electrons. The van der Waals surface area contributed by atoms with Gasteiger partial charge in [0.25, 0.3) is 5.91 Å². The molecular formula is C21H21N3O3. The summed E-state index contributed by atoms with van der Waals surface area (Å²) in [6.45, 7) is 2.78. The molecule has 1 fully saturated rings. The van der Waals surface area contributed by atoms with Gasteiger partial charge in [-0.25, -0.2) is 4.98 Å². The quantitative estimate of drug-likeness (QED) is 0.768. The Labute approximate surface area is 157 Å². The number of anilines is 1. The molecule has 1 N–H and O–H groups in total. The molecule has 3 aromatic rings. The van der Waals surface area contributed by atoms with Crippen molar-refractivity contribution in [3.05, 3.63) is 60.0 Å². The van der Waals surface area contributed by atoms with E-state index in [0.717, 1.165) is 30.5 Å². The van der Waals surface area contributed by atoms with Gasteiger partial charge in [0, 0.05) is 31.3 Å². The molecule has 2 heterocycles. The van der Waals surface area contributed by atoms with Gasteiger partial charge in [0.05, 0.1) is 5.92 Å². The molecular weight excluding hydrogens is 342 g/mol. The summed E-state index contributed by atoms with van der Waals surface area (Å²) >= 11 is 0. The van der Waals surface area contributed by atoms with Gasteiger partial charge in [-0.3, -0.25) is 9.59 Å². The number of likely N-dealkylation sites (tertiary alicyclic amines) is 1. The lowest BCUT2D eigenvalue weighted by Crippen LogP contribution is -2.39. The number of benzene rings is 2. The van der Waals surface area contributed by atoms with E-state index < -0.39 is 0 Å². The van der Waals surface area contributed by atoms with E-state index in [0.29, 0.717) is 23.7 Å². The molecule has 1 saturated heterocycles. The largest absolute Gasteiger partial charge is 0.440 e. The zero-order valence-corrected chi connectivity index (χ0v) is 15.1.